The van der Waals surface area contributed by atoms with E-state index in [1.807, 2.05) is 12.1 Å². The van der Waals surface area contributed by atoms with Crippen LogP contribution >= 0.6 is 0 Å². The zero-order chi connectivity index (χ0) is 12.4. The van der Waals surface area contributed by atoms with Gasteiger partial charge in [-0.1, -0.05) is 31.7 Å². The Balaban J connectivity index is 1.53. The molecule has 0 aromatic heterocycles. The van der Waals surface area contributed by atoms with Gasteiger partial charge in [0.2, 0.25) is 0 Å². The highest BCUT2D eigenvalue weighted by molar-refractivity contribution is 5.39. The van der Waals surface area contributed by atoms with E-state index in [1.165, 1.54) is 37.7 Å². The number of fused-ring (bicyclic) bond motifs is 1. The van der Waals surface area contributed by atoms with E-state index >= 15 is 0 Å². The molecule has 1 aromatic carbocycles. The van der Waals surface area contributed by atoms with E-state index in [9.17, 15) is 5.11 Å². The van der Waals surface area contributed by atoms with Crippen LogP contribution in [0.4, 0.5) is 0 Å². The van der Waals surface area contributed by atoms with Crippen LogP contribution in [0.2, 0.25) is 0 Å². The van der Waals surface area contributed by atoms with Crippen molar-refractivity contribution in [1.29, 1.82) is 0 Å². The van der Waals surface area contributed by atoms with Crippen LogP contribution in [-0.4, -0.2) is 11.7 Å². The van der Waals surface area contributed by atoms with Crippen LogP contribution in [0, 0.1) is 5.92 Å². The molecule has 2 heteroatoms. The van der Waals surface area contributed by atoms with Crippen molar-refractivity contribution in [3.8, 4) is 5.75 Å². The third kappa shape index (κ3) is 2.54. The largest absolute Gasteiger partial charge is 0.494 e. The van der Waals surface area contributed by atoms with E-state index in [2.05, 4.69) is 6.07 Å². The lowest BCUT2D eigenvalue weighted by Crippen LogP contribution is -2.04. The molecule has 0 saturated heterocycles. The average Bonchev–Trinajstić information content (AvgIpc) is 3.00. The van der Waals surface area contributed by atoms with Gasteiger partial charge >= 0.3 is 0 Å². The van der Waals surface area contributed by atoms with Gasteiger partial charge in [0.25, 0.3) is 0 Å². The SMILES string of the molecule is O[C@H]1CCc2cc(OCCC3CCCC3)ccc21. The Morgan fingerprint density at radius 3 is 2.83 bits per heavy atom. The lowest BCUT2D eigenvalue weighted by molar-refractivity contribution is 0.180. The number of aliphatic hydroxyl groups excluding tert-OH is 1. The first kappa shape index (κ1) is 12.0. The summed E-state index contributed by atoms with van der Waals surface area (Å²) in [6, 6.07) is 6.14. The van der Waals surface area contributed by atoms with Gasteiger partial charge in [0, 0.05) is 0 Å². The number of hydrogen-bond acceptors (Lipinski definition) is 2. The monoisotopic (exact) mass is 246 g/mol. The molecule has 3 rings (SSSR count). The highest BCUT2D eigenvalue weighted by atomic mass is 16.5. The molecule has 2 aliphatic carbocycles. The van der Waals surface area contributed by atoms with Gasteiger partial charge < -0.3 is 9.84 Å². The molecular formula is C16H22O2. The number of aryl methyl sites for hydroxylation is 1. The van der Waals surface area contributed by atoms with Crippen molar-refractivity contribution in [1.82, 2.24) is 0 Å². The van der Waals surface area contributed by atoms with Crippen molar-refractivity contribution in [2.45, 2.75) is 51.0 Å². The lowest BCUT2D eigenvalue weighted by Gasteiger charge is -2.11. The summed E-state index contributed by atoms with van der Waals surface area (Å²) in [4.78, 5) is 0. The van der Waals surface area contributed by atoms with Gasteiger partial charge in [-0.2, -0.15) is 0 Å². The Kier molecular flexibility index (Phi) is 3.55. The van der Waals surface area contributed by atoms with Gasteiger partial charge in [-0.05, 0) is 48.4 Å². The summed E-state index contributed by atoms with van der Waals surface area (Å²) < 4.78 is 5.85. The molecule has 98 valence electrons. The first-order chi connectivity index (χ1) is 8.83. The fourth-order valence-electron chi connectivity index (χ4n) is 3.30. The molecule has 0 spiro atoms. The average molecular weight is 246 g/mol. The Morgan fingerprint density at radius 1 is 1.17 bits per heavy atom. The van der Waals surface area contributed by atoms with Crippen LogP contribution in [0.25, 0.3) is 0 Å². The summed E-state index contributed by atoms with van der Waals surface area (Å²) in [5.41, 5.74) is 2.36. The molecule has 0 aliphatic heterocycles. The first-order valence-electron chi connectivity index (χ1n) is 7.26. The van der Waals surface area contributed by atoms with E-state index in [0.29, 0.717) is 0 Å². The van der Waals surface area contributed by atoms with Crippen LogP contribution in [-0.2, 0) is 6.42 Å². The Morgan fingerprint density at radius 2 is 2.00 bits per heavy atom. The van der Waals surface area contributed by atoms with Crippen LogP contribution in [0.5, 0.6) is 5.75 Å². The van der Waals surface area contributed by atoms with Crippen molar-refractivity contribution in [2.75, 3.05) is 6.61 Å². The van der Waals surface area contributed by atoms with Crippen molar-refractivity contribution in [3.05, 3.63) is 29.3 Å². The molecule has 1 N–H and O–H groups in total. The molecule has 0 amide bonds. The van der Waals surface area contributed by atoms with Crippen molar-refractivity contribution < 1.29 is 9.84 Å². The zero-order valence-electron chi connectivity index (χ0n) is 10.9. The zero-order valence-corrected chi connectivity index (χ0v) is 10.9. The summed E-state index contributed by atoms with van der Waals surface area (Å²) in [7, 11) is 0. The fraction of sp³-hybridized carbons (Fsp3) is 0.625. The standard InChI is InChI=1S/C16H22O2/c17-16-8-5-13-11-14(6-7-15(13)16)18-10-9-12-3-1-2-4-12/h6-7,11-12,16-17H,1-5,8-10H2/t16-/m0/s1. The van der Waals surface area contributed by atoms with Gasteiger partial charge in [0.1, 0.15) is 5.75 Å². The number of benzene rings is 1. The Hall–Kier alpha value is -1.02. The van der Waals surface area contributed by atoms with Crippen molar-refractivity contribution in [2.24, 2.45) is 5.92 Å². The molecule has 1 saturated carbocycles. The van der Waals surface area contributed by atoms with E-state index in [-0.39, 0.29) is 6.10 Å². The number of aliphatic hydroxyl groups is 1. The summed E-state index contributed by atoms with van der Waals surface area (Å²) in [6.07, 6.45) is 8.37. The highest BCUT2D eigenvalue weighted by Gasteiger charge is 2.20. The molecule has 0 radical (unpaired) electrons. The van der Waals surface area contributed by atoms with Crippen molar-refractivity contribution >= 4 is 0 Å². The summed E-state index contributed by atoms with van der Waals surface area (Å²) in [5, 5.41) is 9.75. The smallest absolute Gasteiger partial charge is 0.119 e. The topological polar surface area (TPSA) is 29.5 Å². The minimum atomic E-state index is -0.257. The van der Waals surface area contributed by atoms with Crippen molar-refractivity contribution in [3.63, 3.8) is 0 Å². The third-order valence-corrected chi connectivity index (χ3v) is 4.43. The molecule has 0 bridgehead atoms. The lowest BCUT2D eigenvalue weighted by atomic mass is 10.1. The summed E-state index contributed by atoms with van der Waals surface area (Å²) >= 11 is 0. The predicted molar refractivity (Wildman–Crippen MR) is 71.8 cm³/mol. The quantitative estimate of drug-likeness (QED) is 0.879. The molecule has 1 fully saturated rings. The second kappa shape index (κ2) is 5.31. The molecular weight excluding hydrogens is 224 g/mol. The van der Waals surface area contributed by atoms with Gasteiger partial charge in [-0.15, -0.1) is 0 Å². The Labute approximate surface area is 109 Å². The minimum Gasteiger partial charge on any atom is -0.494 e. The van der Waals surface area contributed by atoms with Crippen LogP contribution in [0.1, 0.15) is 55.8 Å². The van der Waals surface area contributed by atoms with Gasteiger partial charge in [0.05, 0.1) is 12.7 Å². The maximum Gasteiger partial charge on any atom is 0.119 e. The van der Waals surface area contributed by atoms with Gasteiger partial charge in [-0.25, -0.2) is 0 Å². The molecule has 2 aliphatic rings. The molecule has 1 aromatic rings. The van der Waals surface area contributed by atoms with Crippen LogP contribution < -0.4 is 4.74 Å². The van der Waals surface area contributed by atoms with Crippen LogP contribution in [0.15, 0.2) is 18.2 Å². The van der Waals surface area contributed by atoms with E-state index < -0.39 is 0 Å². The Bertz CT molecular complexity index is 408. The second-order valence-electron chi connectivity index (χ2n) is 5.70. The number of ether oxygens (including phenoxy) is 1. The number of hydrogen-bond donors (Lipinski definition) is 1. The summed E-state index contributed by atoms with van der Waals surface area (Å²) in [5.74, 6) is 1.86. The van der Waals surface area contributed by atoms with Crippen LogP contribution in [0.3, 0.4) is 0 Å². The minimum absolute atomic E-state index is 0.257. The maximum atomic E-state index is 9.75. The first-order valence-corrected chi connectivity index (χ1v) is 7.26. The summed E-state index contributed by atoms with van der Waals surface area (Å²) in [6.45, 7) is 0.839. The van der Waals surface area contributed by atoms with E-state index in [1.54, 1.807) is 0 Å². The maximum absolute atomic E-state index is 9.75. The van der Waals surface area contributed by atoms with E-state index in [0.717, 1.165) is 36.7 Å². The molecule has 18 heavy (non-hydrogen) atoms. The molecule has 2 nitrogen and oxygen atoms in total. The number of rotatable bonds is 4. The normalized spacial score (nSPS) is 23.3. The molecule has 0 unspecified atom stereocenters. The van der Waals surface area contributed by atoms with E-state index in [4.69, 9.17) is 4.74 Å². The van der Waals surface area contributed by atoms with Gasteiger partial charge in [0.15, 0.2) is 0 Å². The van der Waals surface area contributed by atoms with Gasteiger partial charge in [-0.3, -0.25) is 0 Å². The predicted octanol–water partition coefficient (Wildman–Crippen LogP) is 3.63. The highest BCUT2D eigenvalue weighted by Crippen LogP contribution is 2.33. The fourth-order valence-corrected chi connectivity index (χ4v) is 3.30. The molecule has 1 atom stereocenters. The third-order valence-electron chi connectivity index (χ3n) is 4.43. The molecule has 0 heterocycles. The second-order valence-corrected chi connectivity index (χ2v) is 5.70.